The molecule has 2 N–H and O–H groups in total. The number of aliphatic imine (C=N–C) groups is 1. The maximum absolute atomic E-state index is 6.15. The molecule has 1 saturated heterocycles. The molecule has 1 saturated carbocycles. The molecule has 0 bridgehead atoms. The van der Waals surface area contributed by atoms with Gasteiger partial charge >= 0.3 is 0 Å². The maximum Gasteiger partial charge on any atom is 0.213 e. The molecule has 2 aromatic rings. The Morgan fingerprint density at radius 2 is 1.91 bits per heavy atom. The third kappa shape index (κ3) is 6.85. The molecular weight excluding hydrogens is 404 g/mol. The van der Waals surface area contributed by atoms with Crippen LogP contribution in [0.2, 0.25) is 0 Å². The lowest BCUT2D eigenvalue weighted by Crippen LogP contribution is -2.36. The summed E-state index contributed by atoms with van der Waals surface area (Å²) in [5, 5.41) is 6.76. The first-order valence-electron chi connectivity index (χ1n) is 11.5. The van der Waals surface area contributed by atoms with Gasteiger partial charge in [-0.15, -0.1) is 0 Å². The Balaban J connectivity index is 1.28. The van der Waals surface area contributed by atoms with Crippen LogP contribution < -0.4 is 20.1 Å². The molecule has 0 radical (unpaired) electrons. The highest BCUT2D eigenvalue weighted by Crippen LogP contribution is 2.29. The molecule has 1 aromatic carbocycles. The van der Waals surface area contributed by atoms with Gasteiger partial charge in [-0.3, -0.25) is 4.99 Å². The van der Waals surface area contributed by atoms with Crippen LogP contribution in [0.25, 0.3) is 0 Å². The van der Waals surface area contributed by atoms with Gasteiger partial charge in [-0.25, -0.2) is 4.98 Å². The van der Waals surface area contributed by atoms with E-state index in [0.29, 0.717) is 37.4 Å². The van der Waals surface area contributed by atoms with Gasteiger partial charge in [0.15, 0.2) is 5.96 Å². The summed E-state index contributed by atoms with van der Waals surface area (Å²) < 4.78 is 17.4. The van der Waals surface area contributed by atoms with E-state index in [9.17, 15) is 0 Å². The molecule has 2 heterocycles. The van der Waals surface area contributed by atoms with Crippen molar-refractivity contribution >= 4 is 5.96 Å². The molecule has 2 aliphatic rings. The smallest absolute Gasteiger partial charge is 0.213 e. The van der Waals surface area contributed by atoms with Gasteiger partial charge in [0.2, 0.25) is 5.88 Å². The fourth-order valence-corrected chi connectivity index (χ4v) is 3.58. The van der Waals surface area contributed by atoms with Crippen molar-refractivity contribution in [2.75, 3.05) is 33.5 Å². The summed E-state index contributed by atoms with van der Waals surface area (Å²) >= 11 is 0. The lowest BCUT2D eigenvalue weighted by Gasteiger charge is -2.17. The maximum atomic E-state index is 6.15. The second-order valence-electron chi connectivity index (χ2n) is 8.69. The SMILES string of the molecule is CN=C(NCc1ccnc(OCC2CC2)c1)NCc1ccc(C)cc1OCC1CCOC1. The summed E-state index contributed by atoms with van der Waals surface area (Å²) in [6.45, 7) is 6.44. The molecule has 1 unspecified atom stereocenters. The van der Waals surface area contributed by atoms with E-state index in [1.807, 2.05) is 12.1 Å². The van der Waals surface area contributed by atoms with E-state index in [1.165, 1.54) is 18.4 Å². The lowest BCUT2D eigenvalue weighted by atomic mass is 10.1. The average molecular weight is 439 g/mol. The summed E-state index contributed by atoms with van der Waals surface area (Å²) in [6, 6.07) is 10.3. The largest absolute Gasteiger partial charge is 0.493 e. The number of hydrogen-bond acceptors (Lipinski definition) is 5. The molecule has 1 aliphatic heterocycles. The zero-order valence-electron chi connectivity index (χ0n) is 19.1. The second kappa shape index (κ2) is 11.2. The molecule has 1 aliphatic carbocycles. The number of guanidine groups is 1. The topological polar surface area (TPSA) is 77.0 Å². The van der Waals surface area contributed by atoms with Gasteiger partial charge in [0.05, 0.1) is 19.8 Å². The Bertz CT molecular complexity index is 908. The highest BCUT2D eigenvalue weighted by molar-refractivity contribution is 5.79. The minimum absolute atomic E-state index is 0.476. The first-order valence-corrected chi connectivity index (χ1v) is 11.5. The van der Waals surface area contributed by atoms with E-state index >= 15 is 0 Å². The van der Waals surface area contributed by atoms with Crippen LogP contribution in [-0.2, 0) is 17.8 Å². The number of nitrogens with one attached hydrogen (secondary N) is 2. The first kappa shape index (κ1) is 22.4. The fourth-order valence-electron chi connectivity index (χ4n) is 3.58. The van der Waals surface area contributed by atoms with Gasteiger partial charge in [-0.05, 0) is 55.4 Å². The van der Waals surface area contributed by atoms with Crippen LogP contribution in [0.3, 0.4) is 0 Å². The molecule has 7 heteroatoms. The van der Waals surface area contributed by atoms with Gasteiger partial charge in [-0.1, -0.05) is 12.1 Å². The zero-order valence-corrected chi connectivity index (χ0v) is 19.1. The van der Waals surface area contributed by atoms with Gasteiger partial charge in [-0.2, -0.15) is 0 Å². The van der Waals surface area contributed by atoms with Crippen molar-refractivity contribution in [1.29, 1.82) is 0 Å². The van der Waals surface area contributed by atoms with Crippen molar-refractivity contribution in [2.45, 2.75) is 39.3 Å². The van der Waals surface area contributed by atoms with E-state index in [4.69, 9.17) is 14.2 Å². The second-order valence-corrected chi connectivity index (χ2v) is 8.69. The van der Waals surface area contributed by atoms with Crippen molar-refractivity contribution in [3.8, 4) is 11.6 Å². The molecule has 1 aromatic heterocycles. The van der Waals surface area contributed by atoms with Gasteiger partial charge in [0.1, 0.15) is 5.75 Å². The van der Waals surface area contributed by atoms with Crippen molar-refractivity contribution in [3.63, 3.8) is 0 Å². The number of aromatic nitrogens is 1. The van der Waals surface area contributed by atoms with Crippen molar-refractivity contribution in [1.82, 2.24) is 15.6 Å². The Morgan fingerprint density at radius 1 is 1.06 bits per heavy atom. The van der Waals surface area contributed by atoms with Crippen LogP contribution in [0.1, 0.15) is 36.0 Å². The van der Waals surface area contributed by atoms with Crippen molar-refractivity contribution in [3.05, 3.63) is 53.2 Å². The average Bonchev–Trinajstić information content (AvgIpc) is 3.50. The number of hydrogen-bond donors (Lipinski definition) is 2. The number of benzene rings is 1. The number of ether oxygens (including phenoxy) is 3. The van der Waals surface area contributed by atoms with E-state index in [-0.39, 0.29) is 0 Å². The van der Waals surface area contributed by atoms with Crippen molar-refractivity contribution < 1.29 is 14.2 Å². The van der Waals surface area contributed by atoms with Crippen LogP contribution in [-0.4, -0.2) is 44.4 Å². The van der Waals surface area contributed by atoms with E-state index in [2.05, 4.69) is 45.7 Å². The monoisotopic (exact) mass is 438 g/mol. The van der Waals surface area contributed by atoms with Gasteiger partial charge in [0.25, 0.3) is 0 Å². The molecule has 7 nitrogen and oxygen atoms in total. The number of rotatable bonds is 10. The predicted octanol–water partition coefficient (Wildman–Crippen LogP) is 3.46. The van der Waals surface area contributed by atoms with E-state index in [0.717, 1.165) is 49.1 Å². The molecule has 1 atom stereocenters. The highest BCUT2D eigenvalue weighted by Gasteiger charge is 2.22. The van der Waals surface area contributed by atoms with Crippen molar-refractivity contribution in [2.24, 2.45) is 16.8 Å². The summed E-state index contributed by atoms with van der Waals surface area (Å²) in [4.78, 5) is 8.66. The number of pyridine rings is 1. The third-order valence-electron chi connectivity index (χ3n) is 5.81. The minimum atomic E-state index is 0.476. The normalized spacial score (nSPS) is 18.4. The number of aryl methyl sites for hydroxylation is 1. The van der Waals surface area contributed by atoms with Crippen LogP contribution in [0.15, 0.2) is 41.5 Å². The Labute approximate surface area is 190 Å². The van der Waals surface area contributed by atoms with Crippen LogP contribution in [0, 0.1) is 18.8 Å². The Kier molecular flexibility index (Phi) is 7.82. The third-order valence-corrected chi connectivity index (χ3v) is 5.81. The van der Waals surface area contributed by atoms with Crippen LogP contribution in [0.4, 0.5) is 0 Å². The summed E-state index contributed by atoms with van der Waals surface area (Å²) in [7, 11) is 1.78. The van der Waals surface area contributed by atoms with Gasteiger partial charge in [0, 0.05) is 50.5 Å². The Morgan fingerprint density at radius 3 is 2.69 bits per heavy atom. The van der Waals surface area contributed by atoms with Crippen LogP contribution in [0.5, 0.6) is 11.6 Å². The van der Waals surface area contributed by atoms with E-state index < -0.39 is 0 Å². The molecule has 172 valence electrons. The quantitative estimate of drug-likeness (QED) is 0.437. The lowest BCUT2D eigenvalue weighted by molar-refractivity contribution is 0.166. The zero-order chi connectivity index (χ0) is 22.2. The van der Waals surface area contributed by atoms with Crippen LogP contribution >= 0.6 is 0 Å². The first-order chi connectivity index (χ1) is 15.7. The molecule has 4 rings (SSSR count). The molecule has 32 heavy (non-hydrogen) atoms. The molecular formula is C25H34N4O3. The highest BCUT2D eigenvalue weighted by atomic mass is 16.5. The standard InChI is InChI=1S/C25H34N4O3/c1-18-3-6-22(23(11-18)31-17-21-8-10-30-15-21)14-29-25(26-2)28-13-20-7-9-27-24(12-20)32-16-19-4-5-19/h3,6-7,9,11-12,19,21H,4-5,8,10,13-17H2,1-2H3,(H2,26,28,29). The number of nitrogens with zero attached hydrogens (tertiary/aromatic N) is 2. The molecule has 0 amide bonds. The molecule has 0 spiro atoms. The minimum Gasteiger partial charge on any atom is -0.493 e. The molecule has 2 fully saturated rings. The van der Waals surface area contributed by atoms with Gasteiger partial charge < -0.3 is 24.8 Å². The van der Waals surface area contributed by atoms with E-state index in [1.54, 1.807) is 13.2 Å². The Hall–Kier alpha value is -2.80. The summed E-state index contributed by atoms with van der Waals surface area (Å²) in [6.07, 6.45) is 5.40. The fraction of sp³-hybridized carbons (Fsp3) is 0.520. The summed E-state index contributed by atoms with van der Waals surface area (Å²) in [5.41, 5.74) is 3.40. The summed E-state index contributed by atoms with van der Waals surface area (Å²) in [5.74, 6) is 3.53. The predicted molar refractivity (Wildman–Crippen MR) is 125 cm³/mol.